The maximum absolute atomic E-state index is 9.94. The molecule has 24 N–H and O–H groups in total. The summed E-state index contributed by atoms with van der Waals surface area (Å²) >= 11 is 0. The third kappa shape index (κ3) is 21.0. The Morgan fingerprint density at radius 1 is 0.286 bits per heavy atom. The third-order valence-corrected chi connectivity index (χ3v) is 11.9. The van der Waals surface area contributed by atoms with E-state index in [1.54, 1.807) is 0 Å². The van der Waals surface area contributed by atoms with Crippen molar-refractivity contribution in [2.45, 2.75) is 184 Å². The molecule has 0 saturated carbocycles. The SMILES string of the molecule is O=P([O-])([O-])[O-].OC[C@H]1O[C@@H](O[C@H]2[C@H](O)[C@@H](O)[C@@H](O)O[C@@H]2CO)[C@H](O)[C@@H](O)[C@H]1O.OC[C@H]1O[C@@H](O[C@H]2[C@H](O)[C@@H](O)[C@@H](O)O[C@@H]2CO)[C@H](O)[C@@H](O)[C@H]1O.OC[C@H]1O[C@@H](O[C@H]2[C@H](O)[C@@H](O)[C@@H](O)O[C@@H]2CO)[C@H](O)[C@@H](O)[C@H]1O.[Na+].[Na+].[Na+]. The van der Waals surface area contributed by atoms with Gasteiger partial charge in [0.25, 0.3) is 0 Å². The molecule has 30 atom stereocenters. The summed E-state index contributed by atoms with van der Waals surface area (Å²) in [6.45, 7) is -4.04. The number of hydrogen-bond donors (Lipinski definition) is 24. The Morgan fingerprint density at radius 3 is 0.636 bits per heavy atom. The van der Waals surface area contributed by atoms with Crippen LogP contribution < -0.4 is 103 Å². The molecule has 0 unspecified atom stereocenters. The number of phosphoric acid groups is 1. The molecule has 6 fully saturated rings. The van der Waals surface area contributed by atoms with E-state index in [2.05, 4.69) is 0 Å². The van der Waals surface area contributed by atoms with Gasteiger partial charge in [-0.3, -0.25) is 0 Å². The summed E-state index contributed by atoms with van der Waals surface area (Å²) in [4.78, 5) is 25.6. The molecule has 0 aromatic heterocycles. The topological polar surface area (TPSA) is 655 Å². The van der Waals surface area contributed by atoms with E-state index < -0.39 is 232 Å². The average Bonchev–Trinajstić information content (AvgIpc) is 3.36. The van der Waals surface area contributed by atoms with Crippen LogP contribution in [0.5, 0.6) is 0 Å². The second-order valence-corrected chi connectivity index (χ2v) is 17.9. The van der Waals surface area contributed by atoms with Crippen molar-refractivity contribution >= 4 is 7.82 Å². The molecule has 41 heteroatoms. The molecule has 6 saturated heterocycles. The van der Waals surface area contributed by atoms with Crippen molar-refractivity contribution in [3.05, 3.63) is 0 Å². The number of rotatable bonds is 12. The number of ether oxygens (including phenoxy) is 9. The fourth-order valence-corrected chi connectivity index (χ4v) is 7.71. The Labute approximate surface area is 501 Å². The molecule has 0 aliphatic carbocycles. The summed E-state index contributed by atoms with van der Waals surface area (Å²) in [7, 11) is -5.39. The van der Waals surface area contributed by atoms with Crippen LogP contribution in [0.4, 0.5) is 0 Å². The van der Waals surface area contributed by atoms with Gasteiger partial charge in [-0.1, -0.05) is 0 Å². The normalized spacial score (nSPS) is 47.1. The molecule has 6 rings (SSSR count). The van der Waals surface area contributed by atoms with Crippen molar-refractivity contribution in [3.8, 4) is 0 Å². The molecule has 0 radical (unpaired) electrons. The quantitative estimate of drug-likeness (QED) is 0.0637. The van der Waals surface area contributed by atoms with Crippen molar-refractivity contribution in [2.24, 2.45) is 0 Å². The molecule has 0 spiro atoms. The van der Waals surface area contributed by atoms with Crippen LogP contribution in [0.2, 0.25) is 0 Å². The van der Waals surface area contributed by atoms with E-state index in [9.17, 15) is 107 Å². The molecule has 440 valence electrons. The third-order valence-electron chi connectivity index (χ3n) is 11.9. The first-order valence-electron chi connectivity index (χ1n) is 22.0. The van der Waals surface area contributed by atoms with Crippen molar-refractivity contribution < 1.29 is 273 Å². The van der Waals surface area contributed by atoms with Crippen molar-refractivity contribution in [1.82, 2.24) is 0 Å². The Kier molecular flexibility index (Phi) is 36.9. The van der Waals surface area contributed by atoms with Crippen LogP contribution in [-0.2, 0) is 47.2 Å². The maximum Gasteiger partial charge on any atom is 1.00 e. The molecule has 6 aliphatic rings. The van der Waals surface area contributed by atoms with Crippen LogP contribution in [0.25, 0.3) is 0 Å². The second kappa shape index (κ2) is 36.1. The van der Waals surface area contributed by atoms with Gasteiger partial charge in [0.1, 0.15) is 146 Å². The average molecular weight is 1190 g/mol. The molecule has 6 heterocycles. The summed E-state index contributed by atoms with van der Waals surface area (Å²) in [6, 6.07) is 0. The molecule has 77 heavy (non-hydrogen) atoms. The summed E-state index contributed by atoms with van der Waals surface area (Å²) in [5.41, 5.74) is 0. The molecule has 37 nitrogen and oxygen atoms in total. The molecular formula is C36H66Na3O37P. The standard InChI is InChI=1S/3C12H22O11.3Na.H3O4P/c3*13-1-3-5(15)6(16)9(19)12(22-3)23-10-4(2-14)21-11(20)8(18)7(10)17;;;;1-5(2,3)4/h3*3-20H,1-2H2;;;;(H3,1,2,3,4)/q;;;3*+1;/p-3/t3*3-,4-,5+,6+,7-,8-,9-,10-,11+,12+;;;;/m111..../s1. The van der Waals surface area contributed by atoms with Crippen LogP contribution in [0.3, 0.4) is 0 Å². The zero-order chi connectivity index (χ0) is 56.4. The molecular weight excluding hydrogens is 1120 g/mol. The predicted octanol–water partition coefficient (Wildman–Crippen LogP) is -28.0. The van der Waals surface area contributed by atoms with Crippen molar-refractivity contribution in [1.29, 1.82) is 0 Å². The monoisotopic (exact) mass is 1190 g/mol. The zero-order valence-corrected chi connectivity index (χ0v) is 47.9. The van der Waals surface area contributed by atoms with Gasteiger partial charge in [0.15, 0.2) is 37.7 Å². The first-order chi connectivity index (χ1) is 34.4. The largest absolute Gasteiger partial charge is 1.00 e. The Balaban J connectivity index is 0.00000106. The van der Waals surface area contributed by atoms with Crippen LogP contribution in [-0.4, -0.2) is 346 Å². The first kappa shape index (κ1) is 78.8. The molecule has 0 aromatic carbocycles. The van der Waals surface area contributed by atoms with Gasteiger partial charge in [0, 0.05) is 0 Å². The van der Waals surface area contributed by atoms with Crippen LogP contribution in [0, 0.1) is 0 Å². The number of aliphatic hydroxyl groups is 24. The fraction of sp³-hybridized carbons (Fsp3) is 1.00. The fourth-order valence-electron chi connectivity index (χ4n) is 7.71. The predicted molar refractivity (Wildman–Crippen MR) is 213 cm³/mol. The minimum Gasteiger partial charge on any atom is -0.822 e. The molecule has 0 aromatic rings. The van der Waals surface area contributed by atoms with E-state index in [4.69, 9.17) is 77.2 Å². The minimum atomic E-state index is -5.39. The first-order valence-corrected chi connectivity index (χ1v) is 23.4. The smallest absolute Gasteiger partial charge is 0.822 e. The summed E-state index contributed by atoms with van der Waals surface area (Å²) in [5, 5.41) is 229. The van der Waals surface area contributed by atoms with Crippen molar-refractivity contribution in [2.75, 3.05) is 39.6 Å². The van der Waals surface area contributed by atoms with Gasteiger partial charge in [-0.25, -0.2) is 0 Å². The van der Waals surface area contributed by atoms with Gasteiger partial charge in [-0.05, 0) is 0 Å². The van der Waals surface area contributed by atoms with Gasteiger partial charge in [0.2, 0.25) is 0 Å². The van der Waals surface area contributed by atoms with E-state index in [1.807, 2.05) is 0 Å². The summed E-state index contributed by atoms with van der Waals surface area (Å²) < 4.78 is 54.3. The minimum absolute atomic E-state index is 0. The van der Waals surface area contributed by atoms with Gasteiger partial charge >= 0.3 is 88.7 Å². The summed E-state index contributed by atoms with van der Waals surface area (Å²) in [6.07, 6.45) is -46.7. The van der Waals surface area contributed by atoms with E-state index in [0.717, 1.165) is 0 Å². The number of aliphatic hydroxyl groups excluding tert-OH is 24. The van der Waals surface area contributed by atoms with E-state index >= 15 is 0 Å². The van der Waals surface area contributed by atoms with Crippen molar-refractivity contribution in [3.63, 3.8) is 0 Å². The van der Waals surface area contributed by atoms with Crippen LogP contribution >= 0.6 is 7.82 Å². The van der Waals surface area contributed by atoms with E-state index in [-0.39, 0.29) is 88.7 Å². The second-order valence-electron chi connectivity index (χ2n) is 17.0. The van der Waals surface area contributed by atoms with Gasteiger partial charge in [-0.2, -0.15) is 7.82 Å². The number of hydrogen-bond acceptors (Lipinski definition) is 37. The molecule has 0 bridgehead atoms. The summed E-state index contributed by atoms with van der Waals surface area (Å²) in [5.74, 6) is 0. The van der Waals surface area contributed by atoms with E-state index in [0.29, 0.717) is 0 Å². The van der Waals surface area contributed by atoms with Crippen LogP contribution in [0.15, 0.2) is 0 Å². The van der Waals surface area contributed by atoms with Gasteiger partial charge < -0.3 is 184 Å². The molecule has 0 amide bonds. The molecule has 6 aliphatic heterocycles. The Morgan fingerprint density at radius 2 is 0.468 bits per heavy atom. The van der Waals surface area contributed by atoms with Gasteiger partial charge in [0.05, 0.1) is 39.6 Å². The zero-order valence-electron chi connectivity index (χ0n) is 41.1. The Bertz CT molecular complexity index is 1470. The van der Waals surface area contributed by atoms with Crippen LogP contribution in [0.1, 0.15) is 0 Å². The van der Waals surface area contributed by atoms with Gasteiger partial charge in [-0.15, -0.1) is 0 Å². The maximum atomic E-state index is 9.94. The Hall–Kier alpha value is 1.79. The van der Waals surface area contributed by atoms with E-state index in [1.165, 1.54) is 0 Å².